The number of benzene rings is 3. The topological polar surface area (TPSA) is 97.0 Å². The maximum atomic E-state index is 12.9. The summed E-state index contributed by atoms with van der Waals surface area (Å²) in [5.74, 6) is 0.527. The van der Waals surface area contributed by atoms with Crippen LogP contribution >= 0.6 is 0 Å². The highest BCUT2D eigenvalue weighted by Crippen LogP contribution is 2.33. The van der Waals surface area contributed by atoms with Crippen LogP contribution in [0.4, 0.5) is 5.69 Å². The number of hydrogen-bond donors (Lipinski definition) is 2. The molecular weight excluding hydrogens is 446 g/mol. The van der Waals surface area contributed by atoms with Crippen molar-refractivity contribution in [2.75, 3.05) is 18.7 Å². The SMILES string of the molecule is C=C1c2ccccc2C(=O)N1CCC(=O)Nc1ccccc1C(=O)NCc1ccc2c(c1)OCO2. The standard InChI is InChI=1S/C27H23N3O5/c1-17-19-6-2-3-7-20(19)27(33)30(17)13-12-25(31)29-22-9-5-4-8-21(22)26(32)28-15-18-10-11-23-24(14-18)35-16-34-23/h2-11,14H,1,12-13,15-16H2,(H,28,32)(H,29,31). The predicted octanol–water partition coefficient (Wildman–Crippen LogP) is 3.80. The van der Waals surface area contributed by atoms with Crippen LogP contribution in [-0.2, 0) is 11.3 Å². The minimum atomic E-state index is -0.322. The third-order valence-electron chi connectivity index (χ3n) is 5.94. The number of nitrogens with one attached hydrogen (secondary N) is 2. The summed E-state index contributed by atoms with van der Waals surface area (Å²) >= 11 is 0. The van der Waals surface area contributed by atoms with Gasteiger partial charge < -0.3 is 25.0 Å². The predicted molar refractivity (Wildman–Crippen MR) is 130 cm³/mol. The van der Waals surface area contributed by atoms with Gasteiger partial charge in [0.2, 0.25) is 12.7 Å². The molecule has 0 spiro atoms. The van der Waals surface area contributed by atoms with Crippen LogP contribution in [0, 0.1) is 0 Å². The van der Waals surface area contributed by atoms with Crippen LogP contribution < -0.4 is 20.1 Å². The fourth-order valence-electron chi connectivity index (χ4n) is 4.12. The lowest BCUT2D eigenvalue weighted by Gasteiger charge is -2.17. The molecule has 0 fully saturated rings. The summed E-state index contributed by atoms with van der Waals surface area (Å²) in [5.41, 5.74) is 3.55. The third kappa shape index (κ3) is 4.46. The highest BCUT2D eigenvalue weighted by atomic mass is 16.7. The summed E-state index contributed by atoms with van der Waals surface area (Å²) in [6.07, 6.45) is 0.0614. The number of carbonyl (C=O) groups excluding carboxylic acids is 3. The van der Waals surface area contributed by atoms with Crippen LogP contribution in [0.1, 0.15) is 38.3 Å². The van der Waals surface area contributed by atoms with Gasteiger partial charge in [0.25, 0.3) is 11.8 Å². The van der Waals surface area contributed by atoms with Gasteiger partial charge in [0.1, 0.15) is 0 Å². The number of hydrogen-bond acceptors (Lipinski definition) is 5. The number of carbonyl (C=O) groups is 3. The second-order valence-corrected chi connectivity index (χ2v) is 8.16. The largest absolute Gasteiger partial charge is 0.454 e. The van der Waals surface area contributed by atoms with Crippen LogP contribution in [-0.4, -0.2) is 36.0 Å². The van der Waals surface area contributed by atoms with E-state index in [2.05, 4.69) is 17.2 Å². The number of rotatable bonds is 7. The Labute approximate surface area is 202 Å². The summed E-state index contributed by atoms with van der Waals surface area (Å²) in [7, 11) is 0. The molecule has 0 aliphatic carbocycles. The van der Waals surface area contributed by atoms with E-state index in [-0.39, 0.29) is 44.0 Å². The van der Waals surface area contributed by atoms with Crippen molar-refractivity contribution in [3.63, 3.8) is 0 Å². The first-order chi connectivity index (χ1) is 17.0. The van der Waals surface area contributed by atoms with Gasteiger partial charge in [-0.25, -0.2) is 0 Å². The van der Waals surface area contributed by atoms with E-state index < -0.39 is 0 Å². The molecule has 8 nitrogen and oxygen atoms in total. The summed E-state index contributed by atoms with van der Waals surface area (Å²) in [6, 6.07) is 19.5. The Bertz CT molecular complexity index is 1320. The molecule has 176 valence electrons. The molecule has 0 aromatic heterocycles. The van der Waals surface area contributed by atoms with E-state index in [4.69, 9.17) is 9.47 Å². The van der Waals surface area contributed by atoms with Crippen LogP contribution in [0.3, 0.4) is 0 Å². The molecule has 8 heteroatoms. The van der Waals surface area contributed by atoms with Crippen molar-refractivity contribution < 1.29 is 23.9 Å². The van der Waals surface area contributed by atoms with Gasteiger partial charge >= 0.3 is 0 Å². The Morgan fingerprint density at radius 2 is 1.69 bits per heavy atom. The summed E-state index contributed by atoms with van der Waals surface area (Å²) in [4.78, 5) is 39.7. The molecule has 0 unspecified atom stereocenters. The zero-order valence-electron chi connectivity index (χ0n) is 18.9. The molecule has 2 heterocycles. The maximum Gasteiger partial charge on any atom is 0.258 e. The van der Waals surface area contributed by atoms with Crippen LogP contribution in [0.15, 0.2) is 73.3 Å². The minimum Gasteiger partial charge on any atom is -0.454 e. The zero-order valence-corrected chi connectivity index (χ0v) is 18.9. The van der Waals surface area contributed by atoms with Gasteiger partial charge in [0.05, 0.1) is 11.3 Å². The quantitative estimate of drug-likeness (QED) is 0.549. The van der Waals surface area contributed by atoms with Gasteiger partial charge in [-0.2, -0.15) is 0 Å². The fourth-order valence-corrected chi connectivity index (χ4v) is 4.12. The van der Waals surface area contributed by atoms with E-state index in [1.165, 1.54) is 4.90 Å². The highest BCUT2D eigenvalue weighted by molar-refractivity contribution is 6.09. The molecule has 5 rings (SSSR count). The van der Waals surface area contributed by atoms with Crippen molar-refractivity contribution in [1.29, 1.82) is 0 Å². The van der Waals surface area contributed by atoms with E-state index in [1.54, 1.807) is 42.5 Å². The van der Waals surface area contributed by atoms with E-state index >= 15 is 0 Å². The molecule has 0 saturated heterocycles. The first-order valence-corrected chi connectivity index (χ1v) is 11.2. The zero-order chi connectivity index (χ0) is 24.4. The van der Waals surface area contributed by atoms with E-state index in [0.717, 1.165) is 11.1 Å². The van der Waals surface area contributed by atoms with Crippen LogP contribution in [0.5, 0.6) is 11.5 Å². The molecular formula is C27H23N3O5. The fraction of sp³-hybridized carbons (Fsp3) is 0.148. The number of fused-ring (bicyclic) bond motifs is 2. The van der Waals surface area contributed by atoms with E-state index in [1.807, 2.05) is 24.3 Å². The molecule has 2 N–H and O–H groups in total. The summed E-state index contributed by atoms with van der Waals surface area (Å²) in [5, 5.41) is 5.66. The Hall–Kier alpha value is -4.59. The first-order valence-electron chi connectivity index (χ1n) is 11.2. The van der Waals surface area contributed by atoms with Crippen molar-refractivity contribution in [1.82, 2.24) is 10.2 Å². The Balaban J connectivity index is 1.19. The Kier molecular flexibility index (Phi) is 5.93. The number of para-hydroxylation sites is 1. The van der Waals surface area contributed by atoms with Crippen molar-refractivity contribution in [3.05, 3.63) is 95.6 Å². The highest BCUT2D eigenvalue weighted by Gasteiger charge is 2.30. The Morgan fingerprint density at radius 1 is 0.943 bits per heavy atom. The summed E-state index contributed by atoms with van der Waals surface area (Å²) in [6.45, 7) is 4.66. The van der Waals surface area contributed by atoms with E-state index in [9.17, 15) is 14.4 Å². The molecule has 0 saturated carbocycles. The number of nitrogens with zero attached hydrogens (tertiary/aromatic N) is 1. The van der Waals surface area contributed by atoms with Crippen molar-refractivity contribution in [2.45, 2.75) is 13.0 Å². The average Bonchev–Trinajstić information content (AvgIpc) is 3.44. The molecule has 3 aromatic rings. The second-order valence-electron chi connectivity index (χ2n) is 8.16. The molecule has 3 amide bonds. The van der Waals surface area contributed by atoms with Crippen LogP contribution in [0.2, 0.25) is 0 Å². The number of ether oxygens (including phenoxy) is 2. The van der Waals surface area contributed by atoms with E-state index in [0.29, 0.717) is 34.0 Å². The molecule has 2 aliphatic heterocycles. The molecule has 3 aromatic carbocycles. The lowest BCUT2D eigenvalue weighted by molar-refractivity contribution is -0.116. The van der Waals surface area contributed by atoms with Crippen molar-refractivity contribution in [2.24, 2.45) is 0 Å². The number of amides is 3. The van der Waals surface area contributed by atoms with Crippen molar-refractivity contribution in [3.8, 4) is 11.5 Å². The average molecular weight is 469 g/mol. The van der Waals surface area contributed by atoms with Gasteiger partial charge in [-0.05, 0) is 35.9 Å². The van der Waals surface area contributed by atoms with Gasteiger partial charge in [-0.1, -0.05) is 43.0 Å². The minimum absolute atomic E-state index is 0.0614. The Morgan fingerprint density at radius 3 is 2.51 bits per heavy atom. The second kappa shape index (κ2) is 9.34. The lowest BCUT2D eigenvalue weighted by Crippen LogP contribution is -2.28. The smallest absolute Gasteiger partial charge is 0.258 e. The van der Waals surface area contributed by atoms with Crippen molar-refractivity contribution >= 4 is 29.1 Å². The molecule has 35 heavy (non-hydrogen) atoms. The third-order valence-corrected chi connectivity index (χ3v) is 5.94. The molecule has 0 atom stereocenters. The van der Waals surface area contributed by atoms with Gasteiger partial charge in [0.15, 0.2) is 11.5 Å². The van der Waals surface area contributed by atoms with Gasteiger partial charge in [-0.15, -0.1) is 0 Å². The normalized spacial score (nSPS) is 13.5. The van der Waals surface area contributed by atoms with Gasteiger partial charge in [0, 0.05) is 36.3 Å². The summed E-state index contributed by atoms with van der Waals surface area (Å²) < 4.78 is 10.7. The molecule has 0 radical (unpaired) electrons. The first kappa shape index (κ1) is 22.2. The maximum absolute atomic E-state index is 12.9. The molecule has 2 aliphatic rings. The monoisotopic (exact) mass is 469 g/mol. The van der Waals surface area contributed by atoms with Crippen LogP contribution in [0.25, 0.3) is 5.70 Å². The lowest BCUT2D eigenvalue weighted by atomic mass is 10.1. The number of anilines is 1. The van der Waals surface area contributed by atoms with Gasteiger partial charge in [-0.3, -0.25) is 14.4 Å². The molecule has 0 bridgehead atoms.